The molecule has 2 heterocycles. The predicted molar refractivity (Wildman–Crippen MR) is 67.4 cm³/mol. The molecule has 0 atom stereocenters. The van der Waals surface area contributed by atoms with Crippen LogP contribution in [-0.2, 0) is 19.4 Å². The molecule has 0 aliphatic carbocycles. The van der Waals surface area contributed by atoms with Crippen molar-refractivity contribution < 1.29 is 4.79 Å². The number of Topliss-reactive ketones (excluding diaryl/α,β-unsaturated/α-hetero) is 1. The summed E-state index contributed by atoms with van der Waals surface area (Å²) in [5.74, 6) is 0.116. The maximum absolute atomic E-state index is 12.0. The van der Waals surface area contributed by atoms with Crippen LogP contribution in [0.1, 0.15) is 34.9 Å². The quantitative estimate of drug-likeness (QED) is 0.764. The normalized spacial score (nSPS) is 10.7. The van der Waals surface area contributed by atoms with Gasteiger partial charge in [-0.1, -0.05) is 6.92 Å². The van der Waals surface area contributed by atoms with E-state index in [9.17, 15) is 4.79 Å². The number of carbonyl (C=O) groups is 1. The van der Waals surface area contributed by atoms with E-state index in [1.807, 2.05) is 17.7 Å². The van der Waals surface area contributed by atoms with E-state index in [0.29, 0.717) is 11.3 Å². The molecular weight excluding hydrogens is 234 g/mol. The van der Waals surface area contributed by atoms with Crippen LogP contribution in [0.4, 0.5) is 0 Å². The Kier molecular flexibility index (Phi) is 3.68. The van der Waals surface area contributed by atoms with Crippen LogP contribution in [0.2, 0.25) is 0 Å². The number of nitrogens with zero attached hydrogens (tertiary/aromatic N) is 3. The van der Waals surface area contributed by atoms with Gasteiger partial charge in [0.1, 0.15) is 0 Å². The minimum atomic E-state index is 0.116. The molecule has 0 unspecified atom stereocenters. The summed E-state index contributed by atoms with van der Waals surface area (Å²) in [6.45, 7) is 4.90. The van der Waals surface area contributed by atoms with Crippen LogP contribution in [0.25, 0.3) is 0 Å². The third kappa shape index (κ3) is 2.61. The summed E-state index contributed by atoms with van der Waals surface area (Å²) >= 11 is 1.39. The summed E-state index contributed by atoms with van der Waals surface area (Å²) in [4.78, 5) is 16.6. The number of aromatic nitrogens is 3. The van der Waals surface area contributed by atoms with Gasteiger partial charge in [-0.3, -0.25) is 14.5 Å². The summed E-state index contributed by atoms with van der Waals surface area (Å²) in [6, 6.07) is 2.02. The van der Waals surface area contributed by atoms with Gasteiger partial charge in [0, 0.05) is 18.4 Å². The molecule has 0 radical (unpaired) electrons. The number of hydrogen-bond acceptors (Lipinski definition) is 4. The van der Waals surface area contributed by atoms with E-state index in [4.69, 9.17) is 0 Å². The lowest BCUT2D eigenvalue weighted by Gasteiger charge is -2.02. The molecule has 90 valence electrons. The maximum Gasteiger partial charge on any atom is 0.180 e. The SMILES string of the molecule is CCc1cc(CC(=O)c2cncs2)n(CC)n1. The number of carbonyl (C=O) groups excluding carboxylic acids is 1. The van der Waals surface area contributed by atoms with Crippen LogP contribution < -0.4 is 0 Å². The summed E-state index contributed by atoms with van der Waals surface area (Å²) in [5.41, 5.74) is 3.71. The number of ketones is 1. The van der Waals surface area contributed by atoms with E-state index in [2.05, 4.69) is 17.0 Å². The van der Waals surface area contributed by atoms with Crippen LogP contribution in [0.15, 0.2) is 17.8 Å². The number of rotatable bonds is 5. The van der Waals surface area contributed by atoms with Gasteiger partial charge in [-0.25, -0.2) is 0 Å². The van der Waals surface area contributed by atoms with Crippen LogP contribution in [-0.4, -0.2) is 20.5 Å². The zero-order valence-electron chi connectivity index (χ0n) is 10.0. The lowest BCUT2D eigenvalue weighted by Crippen LogP contribution is -2.08. The lowest BCUT2D eigenvalue weighted by atomic mass is 10.2. The number of hydrogen-bond donors (Lipinski definition) is 0. The summed E-state index contributed by atoms with van der Waals surface area (Å²) in [7, 11) is 0. The zero-order chi connectivity index (χ0) is 12.3. The molecule has 2 aromatic heterocycles. The largest absolute Gasteiger partial charge is 0.293 e. The minimum absolute atomic E-state index is 0.116. The average molecular weight is 249 g/mol. The molecule has 2 aromatic rings. The monoisotopic (exact) mass is 249 g/mol. The molecule has 0 aliphatic heterocycles. The first kappa shape index (κ1) is 12.0. The highest BCUT2D eigenvalue weighted by atomic mass is 32.1. The Morgan fingerprint density at radius 3 is 2.88 bits per heavy atom. The Balaban J connectivity index is 2.18. The Hall–Kier alpha value is -1.49. The topological polar surface area (TPSA) is 47.8 Å². The van der Waals surface area contributed by atoms with Crippen LogP contribution in [0.3, 0.4) is 0 Å². The molecule has 0 aliphatic rings. The predicted octanol–water partition coefficient (Wildman–Crippen LogP) is 2.35. The van der Waals surface area contributed by atoms with Crippen molar-refractivity contribution in [1.29, 1.82) is 0 Å². The number of thiazole rings is 1. The van der Waals surface area contributed by atoms with Crippen molar-refractivity contribution >= 4 is 17.1 Å². The van der Waals surface area contributed by atoms with Gasteiger partial charge in [-0.15, -0.1) is 11.3 Å². The fourth-order valence-corrected chi connectivity index (χ4v) is 2.27. The van der Waals surface area contributed by atoms with Crippen LogP contribution in [0, 0.1) is 0 Å². The molecule has 0 saturated heterocycles. The highest BCUT2D eigenvalue weighted by molar-refractivity contribution is 7.11. The molecule has 5 heteroatoms. The van der Waals surface area contributed by atoms with Gasteiger partial charge in [0.2, 0.25) is 0 Å². The van der Waals surface area contributed by atoms with Gasteiger partial charge >= 0.3 is 0 Å². The first-order chi connectivity index (χ1) is 8.24. The summed E-state index contributed by atoms with van der Waals surface area (Å²) in [6.07, 6.45) is 2.93. The van der Waals surface area contributed by atoms with Gasteiger partial charge in [-0.2, -0.15) is 5.10 Å². The number of aryl methyl sites for hydroxylation is 2. The lowest BCUT2D eigenvalue weighted by molar-refractivity contribution is 0.0994. The van der Waals surface area contributed by atoms with E-state index in [0.717, 1.165) is 24.4 Å². The van der Waals surface area contributed by atoms with Crippen molar-refractivity contribution in [2.24, 2.45) is 0 Å². The first-order valence-corrected chi connectivity index (χ1v) is 6.59. The Morgan fingerprint density at radius 1 is 1.47 bits per heavy atom. The summed E-state index contributed by atoms with van der Waals surface area (Å²) in [5, 5.41) is 4.43. The van der Waals surface area contributed by atoms with Gasteiger partial charge in [0.15, 0.2) is 5.78 Å². The van der Waals surface area contributed by atoms with Crippen molar-refractivity contribution in [3.8, 4) is 0 Å². The zero-order valence-corrected chi connectivity index (χ0v) is 10.8. The molecule has 0 saturated carbocycles. The van der Waals surface area contributed by atoms with Crippen molar-refractivity contribution in [3.05, 3.63) is 34.0 Å². The van der Waals surface area contributed by atoms with E-state index in [1.165, 1.54) is 11.3 Å². The van der Waals surface area contributed by atoms with Gasteiger partial charge in [0.25, 0.3) is 0 Å². The van der Waals surface area contributed by atoms with E-state index >= 15 is 0 Å². The second-order valence-electron chi connectivity index (χ2n) is 3.76. The van der Waals surface area contributed by atoms with E-state index in [-0.39, 0.29) is 5.78 Å². The van der Waals surface area contributed by atoms with Gasteiger partial charge in [-0.05, 0) is 19.4 Å². The fraction of sp³-hybridized carbons (Fsp3) is 0.417. The molecule has 4 nitrogen and oxygen atoms in total. The second-order valence-corrected chi connectivity index (χ2v) is 4.65. The fourth-order valence-electron chi connectivity index (χ4n) is 1.71. The molecule has 0 amide bonds. The Labute approximate surface area is 104 Å². The minimum Gasteiger partial charge on any atom is -0.293 e. The van der Waals surface area contributed by atoms with Crippen LogP contribution >= 0.6 is 11.3 Å². The van der Waals surface area contributed by atoms with E-state index < -0.39 is 0 Å². The maximum atomic E-state index is 12.0. The van der Waals surface area contributed by atoms with Crippen LogP contribution in [0.5, 0.6) is 0 Å². The average Bonchev–Trinajstić information content (AvgIpc) is 2.97. The Bertz CT molecular complexity index is 502. The standard InChI is InChI=1S/C12H15N3OS/c1-3-9-5-10(15(4-2)14-9)6-11(16)12-7-13-8-17-12/h5,7-8H,3-4,6H2,1-2H3. The molecular formula is C12H15N3OS. The van der Waals surface area contributed by atoms with Crippen molar-refractivity contribution in [2.75, 3.05) is 0 Å². The van der Waals surface area contributed by atoms with Crippen molar-refractivity contribution in [3.63, 3.8) is 0 Å². The van der Waals surface area contributed by atoms with Crippen molar-refractivity contribution in [2.45, 2.75) is 33.2 Å². The molecule has 17 heavy (non-hydrogen) atoms. The molecule has 0 aromatic carbocycles. The second kappa shape index (κ2) is 5.23. The molecule has 0 bridgehead atoms. The smallest absolute Gasteiger partial charge is 0.180 e. The molecule has 0 spiro atoms. The highest BCUT2D eigenvalue weighted by Crippen LogP contribution is 2.13. The molecule has 0 fully saturated rings. The Morgan fingerprint density at radius 2 is 2.29 bits per heavy atom. The van der Waals surface area contributed by atoms with E-state index in [1.54, 1.807) is 11.7 Å². The third-order valence-electron chi connectivity index (χ3n) is 2.62. The van der Waals surface area contributed by atoms with Gasteiger partial charge < -0.3 is 0 Å². The first-order valence-electron chi connectivity index (χ1n) is 5.71. The van der Waals surface area contributed by atoms with Gasteiger partial charge in [0.05, 0.1) is 22.5 Å². The molecule has 0 N–H and O–H groups in total. The highest BCUT2D eigenvalue weighted by Gasteiger charge is 2.13. The third-order valence-corrected chi connectivity index (χ3v) is 3.44. The van der Waals surface area contributed by atoms with Crippen molar-refractivity contribution in [1.82, 2.24) is 14.8 Å². The molecule has 2 rings (SSSR count). The summed E-state index contributed by atoms with van der Waals surface area (Å²) < 4.78 is 1.90.